The third-order valence-electron chi connectivity index (χ3n) is 2.68. The zero-order valence-electron chi connectivity index (χ0n) is 11.8. The maximum absolute atomic E-state index is 12.5. The quantitative estimate of drug-likeness (QED) is 0.714. The lowest BCUT2D eigenvalue weighted by molar-refractivity contribution is 0.175. The van der Waals surface area contributed by atoms with E-state index in [2.05, 4.69) is 4.52 Å². The summed E-state index contributed by atoms with van der Waals surface area (Å²) in [4.78, 5) is 9.15. The van der Waals surface area contributed by atoms with E-state index >= 15 is 0 Å². The minimum Gasteiger partial charge on any atom is -0.309 e. The molecule has 0 spiro atoms. The molecule has 0 heterocycles. The molecule has 0 radical (unpaired) electrons. The summed E-state index contributed by atoms with van der Waals surface area (Å²) in [5.41, 5.74) is 0.572. The van der Waals surface area contributed by atoms with Gasteiger partial charge < -0.3 is 13.9 Å². The van der Waals surface area contributed by atoms with Gasteiger partial charge >= 0.3 is 15.4 Å². The second-order valence-electron chi connectivity index (χ2n) is 3.87. The van der Waals surface area contributed by atoms with E-state index in [1.54, 1.807) is 12.1 Å². The zero-order chi connectivity index (χ0) is 16.1. The largest absolute Gasteiger partial charge is 0.471 e. The molecule has 1 aromatic carbocycles. The molecule has 21 heavy (non-hydrogen) atoms. The number of benzene rings is 1. The van der Waals surface area contributed by atoms with Crippen LogP contribution in [0.1, 0.15) is 5.56 Å². The number of hydrogen-bond acceptors (Lipinski definition) is 6. The lowest BCUT2D eigenvalue weighted by Gasteiger charge is -2.18. The summed E-state index contributed by atoms with van der Waals surface area (Å²) in [5, 5.41) is 0.655. The maximum atomic E-state index is 12.5. The van der Waals surface area contributed by atoms with Crippen LogP contribution in [-0.4, -0.2) is 32.8 Å². The lowest BCUT2D eigenvalue weighted by atomic mass is 10.2. The molecular formula is C11H17ClO7P2. The minimum atomic E-state index is -4.05. The molecule has 120 valence electrons. The second kappa shape index (κ2) is 7.86. The highest BCUT2D eigenvalue weighted by Crippen LogP contribution is 2.47. The van der Waals surface area contributed by atoms with Crippen LogP contribution in [0.25, 0.3) is 0 Å². The van der Waals surface area contributed by atoms with Gasteiger partial charge in [-0.2, -0.15) is 0 Å². The molecule has 10 heteroatoms. The van der Waals surface area contributed by atoms with Crippen LogP contribution in [0.5, 0.6) is 0 Å². The molecule has 0 saturated carbocycles. The fourth-order valence-electron chi connectivity index (χ4n) is 1.60. The fourth-order valence-corrected chi connectivity index (χ4v) is 3.65. The third kappa shape index (κ3) is 5.16. The van der Waals surface area contributed by atoms with E-state index < -0.39 is 15.4 Å². The summed E-state index contributed by atoms with van der Waals surface area (Å²) in [6, 6.07) is 4.70. The molecule has 0 aliphatic carbocycles. The molecule has 1 N–H and O–H groups in total. The second-order valence-corrected chi connectivity index (χ2v) is 8.07. The van der Waals surface area contributed by atoms with Crippen molar-refractivity contribution in [2.24, 2.45) is 0 Å². The number of hydrogen-bond donors (Lipinski definition) is 1. The van der Waals surface area contributed by atoms with Crippen molar-refractivity contribution < 1.29 is 32.1 Å². The summed E-state index contributed by atoms with van der Waals surface area (Å²) < 4.78 is 42.6. The van der Waals surface area contributed by atoms with E-state index in [4.69, 9.17) is 30.1 Å². The molecule has 7 nitrogen and oxygen atoms in total. The monoisotopic (exact) mass is 358 g/mol. The van der Waals surface area contributed by atoms with Gasteiger partial charge in [-0.3, -0.25) is 13.6 Å². The smallest absolute Gasteiger partial charge is 0.309 e. The predicted octanol–water partition coefficient (Wildman–Crippen LogP) is 2.76. The van der Waals surface area contributed by atoms with Crippen molar-refractivity contribution in [2.75, 3.05) is 27.9 Å². The standard InChI is InChI=1S/C11H17ClO7P2/c1-16-20(13,17-2)11-8-10(12)5-4-9(11)6-7-19-21(14,15)18-3/h4-5,8H,6-7H2,1-3H3,(H,14,15). The van der Waals surface area contributed by atoms with Crippen LogP contribution >= 0.6 is 27.0 Å². The Labute approximate surface area is 128 Å². The Hall–Kier alpha value is -0.230. The SMILES string of the molecule is COP(=O)(O)OCCc1ccc(Cl)cc1P(=O)(OC)OC. The van der Waals surface area contributed by atoms with E-state index in [0.29, 0.717) is 10.6 Å². The van der Waals surface area contributed by atoms with E-state index in [-0.39, 0.29) is 18.3 Å². The Balaban J connectivity index is 2.98. The lowest BCUT2D eigenvalue weighted by Crippen LogP contribution is -2.15. The zero-order valence-corrected chi connectivity index (χ0v) is 14.4. The fraction of sp³-hybridized carbons (Fsp3) is 0.455. The van der Waals surface area contributed by atoms with Gasteiger partial charge in [-0.05, 0) is 24.1 Å². The third-order valence-corrected chi connectivity index (χ3v) is 5.85. The van der Waals surface area contributed by atoms with Crippen LogP contribution in [-0.2, 0) is 33.6 Å². The van der Waals surface area contributed by atoms with Crippen LogP contribution in [0, 0.1) is 0 Å². The first-order valence-electron chi connectivity index (χ1n) is 5.81. The molecule has 0 saturated heterocycles. The first-order valence-corrected chi connectivity index (χ1v) is 9.23. The first kappa shape index (κ1) is 18.8. The average Bonchev–Trinajstić information content (AvgIpc) is 2.47. The Bertz CT molecular complexity index is 570. The average molecular weight is 359 g/mol. The van der Waals surface area contributed by atoms with Gasteiger partial charge in [0.2, 0.25) is 0 Å². The molecule has 0 aliphatic rings. The molecule has 0 amide bonds. The van der Waals surface area contributed by atoms with Gasteiger partial charge in [0.05, 0.1) is 11.9 Å². The highest BCUT2D eigenvalue weighted by Gasteiger charge is 2.28. The number of rotatable bonds is 8. The molecule has 1 atom stereocenters. The van der Waals surface area contributed by atoms with Gasteiger partial charge in [-0.1, -0.05) is 17.7 Å². The van der Waals surface area contributed by atoms with E-state index in [0.717, 1.165) is 7.11 Å². The minimum absolute atomic E-state index is 0.107. The van der Waals surface area contributed by atoms with Gasteiger partial charge in [-0.15, -0.1) is 0 Å². The summed E-state index contributed by atoms with van der Waals surface area (Å²) in [6.45, 7) is -0.107. The van der Waals surface area contributed by atoms with Crippen molar-refractivity contribution in [1.82, 2.24) is 0 Å². The topological polar surface area (TPSA) is 91.3 Å². The highest BCUT2D eigenvalue weighted by molar-refractivity contribution is 7.62. The summed E-state index contributed by atoms with van der Waals surface area (Å²) >= 11 is 5.90. The highest BCUT2D eigenvalue weighted by atomic mass is 35.5. The van der Waals surface area contributed by atoms with Gasteiger partial charge in [-0.25, -0.2) is 4.57 Å². The van der Waals surface area contributed by atoms with Crippen molar-refractivity contribution in [2.45, 2.75) is 6.42 Å². The van der Waals surface area contributed by atoms with E-state index in [9.17, 15) is 9.13 Å². The van der Waals surface area contributed by atoms with Gasteiger partial charge in [0.1, 0.15) is 0 Å². The van der Waals surface area contributed by atoms with Crippen LogP contribution in [0.15, 0.2) is 18.2 Å². The van der Waals surface area contributed by atoms with E-state index in [1.165, 1.54) is 20.3 Å². The molecule has 1 aromatic rings. The summed E-state index contributed by atoms with van der Waals surface area (Å²) in [6.07, 6.45) is 0.205. The molecule has 0 aromatic heterocycles. The Morgan fingerprint density at radius 2 is 1.76 bits per heavy atom. The van der Waals surface area contributed by atoms with Crippen LogP contribution < -0.4 is 5.30 Å². The number of halogens is 1. The van der Waals surface area contributed by atoms with Gasteiger partial charge in [0, 0.05) is 26.4 Å². The van der Waals surface area contributed by atoms with Crippen molar-refractivity contribution in [3.05, 3.63) is 28.8 Å². The van der Waals surface area contributed by atoms with Gasteiger partial charge in [0.25, 0.3) is 0 Å². The normalized spacial score (nSPS) is 14.9. The predicted molar refractivity (Wildman–Crippen MR) is 79.2 cm³/mol. The number of phosphoric ester groups is 1. The summed E-state index contributed by atoms with van der Waals surface area (Å²) in [5.74, 6) is 0. The van der Waals surface area contributed by atoms with Crippen LogP contribution in [0.4, 0.5) is 0 Å². The van der Waals surface area contributed by atoms with Crippen molar-refractivity contribution in [1.29, 1.82) is 0 Å². The van der Waals surface area contributed by atoms with Crippen LogP contribution in [0.2, 0.25) is 5.02 Å². The van der Waals surface area contributed by atoms with Gasteiger partial charge in [0.15, 0.2) is 0 Å². The van der Waals surface area contributed by atoms with Crippen molar-refractivity contribution in [3.63, 3.8) is 0 Å². The van der Waals surface area contributed by atoms with Crippen LogP contribution in [0.3, 0.4) is 0 Å². The van der Waals surface area contributed by atoms with E-state index in [1.807, 2.05) is 0 Å². The Morgan fingerprint density at radius 3 is 2.29 bits per heavy atom. The first-order chi connectivity index (χ1) is 9.78. The van der Waals surface area contributed by atoms with Crippen molar-refractivity contribution in [3.8, 4) is 0 Å². The maximum Gasteiger partial charge on any atom is 0.471 e. The Kier molecular flexibility index (Phi) is 7.04. The molecule has 0 aliphatic heterocycles. The molecule has 1 unspecified atom stereocenters. The molecular weight excluding hydrogens is 342 g/mol. The number of phosphoric acid groups is 1. The van der Waals surface area contributed by atoms with Crippen molar-refractivity contribution >= 4 is 32.3 Å². The molecule has 1 rings (SSSR count). The molecule has 0 fully saturated rings. The Morgan fingerprint density at radius 1 is 1.14 bits per heavy atom. The molecule has 0 bridgehead atoms. The summed E-state index contributed by atoms with van der Waals surface area (Å²) in [7, 11) is -3.94.